The molecular formula is C12H25NO. The summed E-state index contributed by atoms with van der Waals surface area (Å²) < 4.78 is 5.34. The lowest BCUT2D eigenvalue weighted by atomic mass is 10.0. The van der Waals surface area contributed by atoms with E-state index in [0.717, 1.165) is 25.2 Å². The van der Waals surface area contributed by atoms with Gasteiger partial charge in [-0.15, -0.1) is 0 Å². The van der Waals surface area contributed by atoms with Crippen molar-refractivity contribution >= 4 is 0 Å². The van der Waals surface area contributed by atoms with E-state index in [2.05, 4.69) is 19.3 Å². The Kier molecular flexibility index (Phi) is 6.20. The van der Waals surface area contributed by atoms with E-state index in [1.807, 2.05) is 0 Å². The minimum atomic E-state index is 0.719. The maximum absolute atomic E-state index is 5.34. The highest BCUT2D eigenvalue weighted by atomic mass is 16.5. The number of hydrogen-bond acceptors (Lipinski definition) is 2. The summed E-state index contributed by atoms with van der Waals surface area (Å²) >= 11 is 0. The molecule has 1 aliphatic rings. The van der Waals surface area contributed by atoms with Gasteiger partial charge in [0.1, 0.15) is 0 Å². The van der Waals surface area contributed by atoms with Gasteiger partial charge in [-0.1, -0.05) is 12.8 Å². The van der Waals surface area contributed by atoms with Crippen LogP contribution >= 0.6 is 0 Å². The van der Waals surface area contributed by atoms with Crippen LogP contribution in [0.4, 0.5) is 0 Å². The first-order valence-corrected chi connectivity index (χ1v) is 6.11. The second kappa shape index (κ2) is 7.24. The van der Waals surface area contributed by atoms with Gasteiger partial charge in [0, 0.05) is 19.3 Å². The van der Waals surface area contributed by atoms with Crippen molar-refractivity contribution in [1.82, 2.24) is 5.32 Å². The summed E-state index contributed by atoms with van der Waals surface area (Å²) in [5.41, 5.74) is 0. The van der Waals surface area contributed by atoms with Crippen LogP contribution in [0.2, 0.25) is 0 Å². The van der Waals surface area contributed by atoms with Crippen LogP contribution < -0.4 is 5.32 Å². The van der Waals surface area contributed by atoms with Gasteiger partial charge >= 0.3 is 0 Å². The minimum absolute atomic E-state index is 0.719. The van der Waals surface area contributed by atoms with Gasteiger partial charge in [0.15, 0.2) is 0 Å². The van der Waals surface area contributed by atoms with Crippen LogP contribution in [-0.2, 0) is 4.74 Å². The third-order valence-electron chi connectivity index (χ3n) is 3.07. The summed E-state index contributed by atoms with van der Waals surface area (Å²) in [6, 6.07) is 0.719. The normalized spacial score (nSPS) is 18.4. The molecule has 0 spiro atoms. The van der Waals surface area contributed by atoms with E-state index in [1.54, 1.807) is 0 Å². The van der Waals surface area contributed by atoms with Crippen LogP contribution in [0.15, 0.2) is 0 Å². The van der Waals surface area contributed by atoms with Gasteiger partial charge in [0.05, 0.1) is 0 Å². The molecule has 1 aliphatic carbocycles. The largest absolute Gasteiger partial charge is 0.382 e. The first-order chi connectivity index (χ1) is 6.86. The van der Waals surface area contributed by atoms with E-state index in [0.29, 0.717) is 0 Å². The highest BCUT2D eigenvalue weighted by Gasteiger charge is 2.21. The van der Waals surface area contributed by atoms with Gasteiger partial charge in [-0.05, 0) is 45.6 Å². The molecule has 1 atom stereocenters. The Hall–Kier alpha value is -0.0800. The van der Waals surface area contributed by atoms with Crippen molar-refractivity contribution in [3.8, 4) is 0 Å². The summed E-state index contributed by atoms with van der Waals surface area (Å²) in [7, 11) is 2.08. The third-order valence-corrected chi connectivity index (χ3v) is 3.07. The monoisotopic (exact) mass is 199 g/mol. The maximum Gasteiger partial charge on any atom is 0.0466 e. The van der Waals surface area contributed by atoms with Crippen LogP contribution in [0.5, 0.6) is 0 Å². The molecule has 1 saturated carbocycles. The van der Waals surface area contributed by atoms with E-state index in [9.17, 15) is 0 Å². The molecule has 0 aliphatic heterocycles. The number of nitrogens with one attached hydrogen (secondary N) is 1. The zero-order chi connectivity index (χ0) is 10.2. The van der Waals surface area contributed by atoms with Gasteiger partial charge in [0.2, 0.25) is 0 Å². The molecule has 14 heavy (non-hydrogen) atoms. The van der Waals surface area contributed by atoms with Gasteiger partial charge in [-0.3, -0.25) is 0 Å². The van der Waals surface area contributed by atoms with Crippen molar-refractivity contribution in [2.45, 2.75) is 51.5 Å². The van der Waals surface area contributed by atoms with Crippen LogP contribution in [0, 0.1) is 5.92 Å². The van der Waals surface area contributed by atoms with Crippen LogP contribution in [0.3, 0.4) is 0 Å². The quantitative estimate of drug-likeness (QED) is 0.576. The predicted octanol–water partition coefficient (Wildman–Crippen LogP) is 2.58. The topological polar surface area (TPSA) is 21.3 Å². The van der Waals surface area contributed by atoms with Crippen molar-refractivity contribution in [3.05, 3.63) is 0 Å². The first kappa shape index (κ1) is 12.0. The predicted molar refractivity (Wildman–Crippen MR) is 60.5 cm³/mol. The maximum atomic E-state index is 5.34. The highest BCUT2D eigenvalue weighted by Crippen LogP contribution is 2.34. The SMILES string of the molecule is CCOCCCC(CCC1CC1)NC. The lowest BCUT2D eigenvalue weighted by molar-refractivity contribution is 0.140. The van der Waals surface area contributed by atoms with Gasteiger partial charge in [0.25, 0.3) is 0 Å². The van der Waals surface area contributed by atoms with Crippen molar-refractivity contribution in [1.29, 1.82) is 0 Å². The summed E-state index contributed by atoms with van der Waals surface area (Å²) in [5, 5.41) is 3.41. The lowest BCUT2D eigenvalue weighted by Gasteiger charge is -2.15. The van der Waals surface area contributed by atoms with Gasteiger partial charge < -0.3 is 10.1 Å². The molecule has 0 aromatic rings. The summed E-state index contributed by atoms with van der Waals surface area (Å²) in [6.07, 6.45) is 8.21. The molecule has 0 saturated heterocycles. The molecule has 0 radical (unpaired) electrons. The second-order valence-electron chi connectivity index (χ2n) is 4.35. The molecule has 1 fully saturated rings. The van der Waals surface area contributed by atoms with Crippen LogP contribution in [0.1, 0.15) is 45.4 Å². The smallest absolute Gasteiger partial charge is 0.0466 e. The van der Waals surface area contributed by atoms with Crippen molar-refractivity contribution < 1.29 is 4.74 Å². The molecule has 2 nitrogen and oxygen atoms in total. The molecule has 0 heterocycles. The van der Waals surface area contributed by atoms with Crippen LogP contribution in [-0.4, -0.2) is 26.3 Å². The Morgan fingerprint density at radius 2 is 2.14 bits per heavy atom. The highest BCUT2D eigenvalue weighted by molar-refractivity contribution is 4.76. The number of hydrogen-bond donors (Lipinski definition) is 1. The van der Waals surface area contributed by atoms with Crippen molar-refractivity contribution in [2.75, 3.05) is 20.3 Å². The van der Waals surface area contributed by atoms with E-state index in [-0.39, 0.29) is 0 Å². The number of rotatable bonds is 9. The fourth-order valence-corrected chi connectivity index (χ4v) is 1.85. The molecule has 1 rings (SSSR count). The molecule has 84 valence electrons. The summed E-state index contributed by atoms with van der Waals surface area (Å²) in [4.78, 5) is 0. The fraction of sp³-hybridized carbons (Fsp3) is 1.00. The average Bonchev–Trinajstić information content (AvgIpc) is 3.01. The van der Waals surface area contributed by atoms with Crippen molar-refractivity contribution in [2.24, 2.45) is 5.92 Å². The molecule has 1 unspecified atom stereocenters. The average molecular weight is 199 g/mol. The van der Waals surface area contributed by atoms with E-state index in [1.165, 1.54) is 38.5 Å². The Morgan fingerprint density at radius 1 is 1.36 bits per heavy atom. The Bertz CT molecular complexity index is 134. The minimum Gasteiger partial charge on any atom is -0.382 e. The summed E-state index contributed by atoms with van der Waals surface area (Å²) in [5.74, 6) is 1.07. The number of ether oxygens (including phenoxy) is 1. The molecule has 2 heteroatoms. The Balaban J connectivity index is 1.93. The second-order valence-corrected chi connectivity index (χ2v) is 4.35. The zero-order valence-electron chi connectivity index (χ0n) is 9.72. The molecule has 0 amide bonds. The Labute approximate surface area is 88.4 Å². The standard InChI is InChI=1S/C12H25NO/c1-3-14-10-4-5-12(13-2)9-8-11-6-7-11/h11-13H,3-10H2,1-2H3. The first-order valence-electron chi connectivity index (χ1n) is 6.11. The Morgan fingerprint density at radius 3 is 2.71 bits per heavy atom. The molecule has 0 aromatic carbocycles. The molecule has 0 aromatic heterocycles. The molecule has 1 N–H and O–H groups in total. The zero-order valence-corrected chi connectivity index (χ0v) is 9.72. The fourth-order valence-electron chi connectivity index (χ4n) is 1.85. The van der Waals surface area contributed by atoms with Crippen molar-refractivity contribution in [3.63, 3.8) is 0 Å². The summed E-state index contributed by atoms with van der Waals surface area (Å²) in [6.45, 7) is 3.84. The van der Waals surface area contributed by atoms with Gasteiger partial charge in [-0.25, -0.2) is 0 Å². The van der Waals surface area contributed by atoms with E-state index >= 15 is 0 Å². The van der Waals surface area contributed by atoms with E-state index < -0.39 is 0 Å². The van der Waals surface area contributed by atoms with Gasteiger partial charge in [-0.2, -0.15) is 0 Å². The van der Waals surface area contributed by atoms with E-state index in [4.69, 9.17) is 4.74 Å². The molecule has 0 bridgehead atoms. The lowest BCUT2D eigenvalue weighted by Crippen LogP contribution is -2.25. The third kappa shape index (κ3) is 5.61. The van der Waals surface area contributed by atoms with Crippen LogP contribution in [0.25, 0.3) is 0 Å². The molecular weight excluding hydrogens is 174 g/mol.